The number of hydrogen-bond donors (Lipinski definition) is 3. The van der Waals surface area contributed by atoms with E-state index < -0.39 is 69.6 Å². The highest BCUT2D eigenvalue weighted by atomic mass is 19.1. The van der Waals surface area contributed by atoms with Gasteiger partial charge in [0.05, 0.1) is 6.04 Å². The van der Waals surface area contributed by atoms with Crippen molar-refractivity contribution in [2.75, 3.05) is 13.1 Å². The van der Waals surface area contributed by atoms with Crippen LogP contribution >= 0.6 is 0 Å². The third-order valence-corrected chi connectivity index (χ3v) is 7.60. The zero-order valence-electron chi connectivity index (χ0n) is 19.2. The molecule has 3 atom stereocenters. The summed E-state index contributed by atoms with van der Waals surface area (Å²) in [5.41, 5.74) is -3.13. The third kappa shape index (κ3) is 3.62. The van der Waals surface area contributed by atoms with Gasteiger partial charge >= 0.3 is 0 Å². The molecule has 0 saturated carbocycles. The van der Waals surface area contributed by atoms with Crippen molar-refractivity contribution >= 4 is 17.7 Å². The van der Waals surface area contributed by atoms with Gasteiger partial charge in [0, 0.05) is 61.4 Å². The minimum Gasteiger partial charge on any atom is -0.503 e. The molecule has 2 aromatic rings. The molecular formula is C24H23F3N4O5. The zero-order valence-corrected chi connectivity index (χ0v) is 19.2. The summed E-state index contributed by atoms with van der Waals surface area (Å²) in [6, 6.07) is 0.219. The molecule has 2 fully saturated rings. The summed E-state index contributed by atoms with van der Waals surface area (Å²) in [5, 5.41) is 15.8. The van der Waals surface area contributed by atoms with Gasteiger partial charge in [0.15, 0.2) is 11.4 Å². The second kappa shape index (κ2) is 8.38. The maximum absolute atomic E-state index is 14.0. The SMILES string of the molecule is C[C@H]1CC[C@]2(CNC(=O)C2)[C@H]2CN1C(=O)c1c(O)c(=O)c(C(=O)NCc3c(F)cc(F)cc3F)cn12. The maximum Gasteiger partial charge on any atom is 0.274 e. The molecule has 2 bridgehead atoms. The van der Waals surface area contributed by atoms with Gasteiger partial charge in [0.2, 0.25) is 11.3 Å². The van der Waals surface area contributed by atoms with E-state index in [-0.39, 0.29) is 30.6 Å². The lowest BCUT2D eigenvalue weighted by Gasteiger charge is -2.42. The summed E-state index contributed by atoms with van der Waals surface area (Å²) in [7, 11) is 0. The van der Waals surface area contributed by atoms with Gasteiger partial charge in [-0.15, -0.1) is 0 Å². The van der Waals surface area contributed by atoms with E-state index in [9.17, 15) is 37.5 Å². The Morgan fingerprint density at radius 1 is 1.22 bits per heavy atom. The van der Waals surface area contributed by atoms with E-state index in [2.05, 4.69) is 10.6 Å². The smallest absolute Gasteiger partial charge is 0.274 e. The van der Waals surface area contributed by atoms with E-state index in [4.69, 9.17) is 0 Å². The predicted molar refractivity (Wildman–Crippen MR) is 119 cm³/mol. The number of aromatic nitrogens is 1. The van der Waals surface area contributed by atoms with Crippen LogP contribution in [0.3, 0.4) is 0 Å². The molecule has 1 aromatic heterocycles. The fourth-order valence-electron chi connectivity index (χ4n) is 5.56. The van der Waals surface area contributed by atoms with E-state index >= 15 is 0 Å². The molecule has 3 amide bonds. The molecule has 2 saturated heterocycles. The van der Waals surface area contributed by atoms with E-state index in [1.54, 1.807) is 4.90 Å². The van der Waals surface area contributed by atoms with Crippen LogP contribution in [0.4, 0.5) is 13.2 Å². The van der Waals surface area contributed by atoms with Crippen LogP contribution in [0.25, 0.3) is 0 Å². The average Bonchev–Trinajstić information content (AvgIpc) is 3.14. The second-order valence-corrected chi connectivity index (χ2v) is 9.68. The number of carbonyl (C=O) groups excluding carboxylic acids is 3. The number of amides is 3. The summed E-state index contributed by atoms with van der Waals surface area (Å²) >= 11 is 0. The molecule has 4 heterocycles. The quantitative estimate of drug-likeness (QED) is 0.587. The van der Waals surface area contributed by atoms with Crippen LogP contribution < -0.4 is 16.1 Å². The molecule has 0 aliphatic carbocycles. The van der Waals surface area contributed by atoms with Crippen LogP contribution in [0.1, 0.15) is 58.6 Å². The number of hydrogen-bond acceptors (Lipinski definition) is 5. The molecular weight excluding hydrogens is 481 g/mol. The summed E-state index contributed by atoms with van der Waals surface area (Å²) in [6.07, 6.45) is 2.55. The van der Waals surface area contributed by atoms with Gasteiger partial charge in [-0.3, -0.25) is 19.2 Å². The topological polar surface area (TPSA) is 121 Å². The van der Waals surface area contributed by atoms with Crippen LogP contribution in [-0.4, -0.2) is 51.4 Å². The Balaban J connectivity index is 1.55. The number of halogens is 3. The predicted octanol–water partition coefficient (Wildman–Crippen LogP) is 1.59. The van der Waals surface area contributed by atoms with Crippen LogP contribution in [-0.2, 0) is 11.3 Å². The number of aromatic hydroxyl groups is 1. The minimum absolute atomic E-state index is 0.152. The van der Waals surface area contributed by atoms with Crippen LogP contribution in [0, 0.1) is 22.9 Å². The number of nitrogens with zero attached hydrogens (tertiary/aromatic N) is 2. The molecule has 9 nitrogen and oxygen atoms in total. The minimum atomic E-state index is -1.21. The third-order valence-electron chi connectivity index (χ3n) is 7.60. The Kier molecular flexibility index (Phi) is 5.56. The van der Waals surface area contributed by atoms with E-state index in [1.807, 2.05) is 6.92 Å². The molecule has 1 spiro atoms. The first-order chi connectivity index (χ1) is 17.0. The summed E-state index contributed by atoms with van der Waals surface area (Å²) in [5.74, 6) is -6.22. The number of rotatable bonds is 3. The van der Waals surface area contributed by atoms with Gasteiger partial charge in [0.25, 0.3) is 11.8 Å². The summed E-state index contributed by atoms with van der Waals surface area (Å²) < 4.78 is 42.5. The largest absolute Gasteiger partial charge is 0.503 e. The molecule has 190 valence electrons. The molecule has 3 aliphatic heterocycles. The summed E-state index contributed by atoms with van der Waals surface area (Å²) in [4.78, 5) is 52.8. The number of pyridine rings is 1. The molecule has 3 aliphatic rings. The number of benzene rings is 1. The van der Waals surface area contributed by atoms with Crippen molar-refractivity contribution in [1.29, 1.82) is 0 Å². The first-order valence-electron chi connectivity index (χ1n) is 11.5. The molecule has 1 aromatic carbocycles. The zero-order chi connectivity index (χ0) is 25.9. The average molecular weight is 504 g/mol. The Labute approximate surface area is 202 Å². The van der Waals surface area contributed by atoms with Crippen LogP contribution in [0.2, 0.25) is 0 Å². The highest BCUT2D eigenvalue weighted by Crippen LogP contribution is 2.48. The van der Waals surface area contributed by atoms with Crippen molar-refractivity contribution in [3.63, 3.8) is 0 Å². The van der Waals surface area contributed by atoms with E-state index in [0.717, 1.165) is 6.20 Å². The lowest BCUT2D eigenvalue weighted by Crippen LogP contribution is -2.50. The van der Waals surface area contributed by atoms with Crippen LogP contribution in [0.5, 0.6) is 5.75 Å². The first-order valence-corrected chi connectivity index (χ1v) is 11.5. The Morgan fingerprint density at radius 2 is 1.92 bits per heavy atom. The van der Waals surface area contributed by atoms with E-state index in [1.165, 1.54) is 4.57 Å². The van der Waals surface area contributed by atoms with Crippen molar-refractivity contribution in [2.45, 2.75) is 44.8 Å². The van der Waals surface area contributed by atoms with Crippen LogP contribution in [0.15, 0.2) is 23.1 Å². The standard InChI is InChI=1S/C24H23F3N4O5/c1-11-2-3-24(6-18(32)29-10-24)17-9-30(11)23(36)19-21(34)20(33)14(8-31(17)19)22(35)28-7-13-15(26)4-12(25)5-16(13)27/h4-5,8,11,17,34H,2-3,6-7,9-10H2,1H3,(H,28,35)(H,29,32)/t11-,17+,24-/m0/s1. The highest BCUT2D eigenvalue weighted by molar-refractivity contribution is 5.99. The normalized spacial score (nSPS) is 24.9. The molecule has 36 heavy (non-hydrogen) atoms. The Bertz CT molecular complexity index is 1350. The van der Waals surface area contributed by atoms with Crippen molar-refractivity contribution in [1.82, 2.24) is 20.1 Å². The molecule has 0 unspecified atom stereocenters. The fraction of sp³-hybridized carbons (Fsp3) is 0.417. The second-order valence-electron chi connectivity index (χ2n) is 9.68. The Hall–Kier alpha value is -3.83. The van der Waals surface area contributed by atoms with Gasteiger partial charge < -0.3 is 25.2 Å². The monoisotopic (exact) mass is 504 g/mol. The molecule has 3 N–H and O–H groups in total. The first kappa shape index (κ1) is 23.9. The van der Waals surface area contributed by atoms with Crippen molar-refractivity contribution < 1.29 is 32.7 Å². The van der Waals surface area contributed by atoms with E-state index in [0.29, 0.717) is 31.5 Å². The van der Waals surface area contributed by atoms with Crippen molar-refractivity contribution in [2.24, 2.45) is 5.41 Å². The van der Waals surface area contributed by atoms with Gasteiger partial charge in [0.1, 0.15) is 23.0 Å². The van der Waals surface area contributed by atoms with Gasteiger partial charge in [-0.05, 0) is 19.8 Å². The van der Waals surface area contributed by atoms with Gasteiger partial charge in [-0.1, -0.05) is 0 Å². The molecule has 0 radical (unpaired) electrons. The number of carbonyl (C=O) groups is 3. The maximum atomic E-state index is 14.0. The van der Waals surface area contributed by atoms with Gasteiger partial charge in [-0.2, -0.15) is 0 Å². The lowest BCUT2D eigenvalue weighted by molar-refractivity contribution is -0.119. The summed E-state index contributed by atoms with van der Waals surface area (Å²) in [6.45, 7) is 1.73. The molecule has 5 rings (SSSR count). The van der Waals surface area contributed by atoms with Crippen molar-refractivity contribution in [3.05, 3.63) is 62.8 Å². The Morgan fingerprint density at radius 3 is 2.56 bits per heavy atom. The highest BCUT2D eigenvalue weighted by Gasteiger charge is 2.52. The fourth-order valence-corrected chi connectivity index (χ4v) is 5.56. The number of nitrogens with one attached hydrogen (secondary N) is 2. The van der Waals surface area contributed by atoms with Crippen molar-refractivity contribution in [3.8, 4) is 5.75 Å². The lowest BCUT2D eigenvalue weighted by atomic mass is 9.75. The molecule has 12 heteroatoms. The van der Waals surface area contributed by atoms with Gasteiger partial charge in [-0.25, -0.2) is 13.2 Å². The number of fused-ring (bicyclic) bond motifs is 5.